The molecule has 13 heavy (non-hydrogen) atoms. The molecular formula is C8H8N4O. The number of aromatic nitrogens is 4. The van der Waals surface area contributed by atoms with E-state index in [0.29, 0.717) is 12.4 Å². The number of ether oxygens (including phenoxy) is 1. The van der Waals surface area contributed by atoms with Gasteiger partial charge in [-0.05, 0) is 22.6 Å². The van der Waals surface area contributed by atoms with Gasteiger partial charge in [0.2, 0.25) is 0 Å². The minimum atomic E-state index is 0.358. The van der Waals surface area contributed by atoms with Gasteiger partial charge in [-0.3, -0.25) is 0 Å². The number of tetrazole rings is 1. The Morgan fingerprint density at radius 3 is 2.77 bits per heavy atom. The van der Waals surface area contributed by atoms with Crippen LogP contribution < -0.4 is 4.74 Å². The van der Waals surface area contributed by atoms with E-state index in [1.54, 1.807) is 0 Å². The van der Waals surface area contributed by atoms with Gasteiger partial charge in [-0.15, -0.1) is 5.10 Å². The van der Waals surface area contributed by atoms with E-state index in [9.17, 15) is 0 Å². The van der Waals surface area contributed by atoms with E-state index < -0.39 is 0 Å². The topological polar surface area (TPSA) is 63.7 Å². The minimum absolute atomic E-state index is 0.358. The lowest BCUT2D eigenvalue weighted by Gasteiger charge is -2.01. The summed E-state index contributed by atoms with van der Waals surface area (Å²) in [5, 5.41) is 13.2. The summed E-state index contributed by atoms with van der Waals surface area (Å²) in [6.07, 6.45) is 0. The third-order valence-electron chi connectivity index (χ3n) is 1.51. The summed E-state index contributed by atoms with van der Waals surface area (Å²) in [4.78, 5) is 0. The molecule has 0 atom stereocenters. The molecule has 0 amide bonds. The van der Waals surface area contributed by atoms with Gasteiger partial charge < -0.3 is 4.74 Å². The molecule has 1 aromatic carbocycles. The van der Waals surface area contributed by atoms with Crippen LogP contribution in [0.2, 0.25) is 0 Å². The van der Waals surface area contributed by atoms with Crippen molar-refractivity contribution >= 4 is 0 Å². The Hall–Kier alpha value is -1.91. The van der Waals surface area contributed by atoms with E-state index in [2.05, 4.69) is 20.6 Å². The molecule has 0 saturated heterocycles. The summed E-state index contributed by atoms with van der Waals surface area (Å²) >= 11 is 0. The zero-order chi connectivity index (χ0) is 8.93. The van der Waals surface area contributed by atoms with Gasteiger partial charge >= 0.3 is 0 Å². The number of H-pyrrole nitrogens is 1. The molecule has 1 aromatic heterocycles. The quantitative estimate of drug-likeness (QED) is 0.750. The number of aromatic amines is 1. The van der Waals surface area contributed by atoms with Gasteiger partial charge in [-0.2, -0.15) is 0 Å². The van der Waals surface area contributed by atoms with Crippen LogP contribution in [-0.2, 0) is 6.61 Å². The van der Waals surface area contributed by atoms with E-state index in [1.165, 1.54) is 0 Å². The second-order valence-electron chi connectivity index (χ2n) is 2.45. The van der Waals surface area contributed by atoms with Gasteiger partial charge in [0.1, 0.15) is 12.4 Å². The molecular weight excluding hydrogens is 168 g/mol. The molecule has 0 saturated carbocycles. The monoisotopic (exact) mass is 176 g/mol. The smallest absolute Gasteiger partial charge is 0.186 e. The van der Waals surface area contributed by atoms with E-state index >= 15 is 0 Å². The highest BCUT2D eigenvalue weighted by Gasteiger charge is 1.97. The zero-order valence-electron chi connectivity index (χ0n) is 6.84. The second kappa shape index (κ2) is 3.66. The fraction of sp³-hybridized carbons (Fsp3) is 0.125. The van der Waals surface area contributed by atoms with Crippen molar-refractivity contribution in [3.8, 4) is 5.75 Å². The fourth-order valence-electron chi connectivity index (χ4n) is 0.908. The van der Waals surface area contributed by atoms with E-state index in [1.807, 2.05) is 30.3 Å². The Morgan fingerprint density at radius 2 is 2.08 bits per heavy atom. The molecule has 0 spiro atoms. The van der Waals surface area contributed by atoms with Gasteiger partial charge in [-0.1, -0.05) is 18.2 Å². The van der Waals surface area contributed by atoms with Gasteiger partial charge in [0, 0.05) is 0 Å². The van der Waals surface area contributed by atoms with Gasteiger partial charge in [0.25, 0.3) is 0 Å². The molecule has 5 nitrogen and oxygen atoms in total. The molecule has 0 aliphatic heterocycles. The standard InChI is InChI=1S/C8H8N4O/c1-2-4-7(5-3-1)13-6-8-9-11-12-10-8/h1-5H,6H2,(H,9,10,11,12). The van der Waals surface area contributed by atoms with Crippen LogP contribution in [0, 0.1) is 0 Å². The molecule has 0 aliphatic rings. The number of hydrogen-bond donors (Lipinski definition) is 1. The van der Waals surface area contributed by atoms with Gasteiger partial charge in [0.15, 0.2) is 5.82 Å². The predicted molar refractivity (Wildman–Crippen MR) is 45.0 cm³/mol. The van der Waals surface area contributed by atoms with Crippen LogP contribution in [0.4, 0.5) is 0 Å². The summed E-state index contributed by atoms with van der Waals surface area (Å²) in [6.45, 7) is 0.358. The average Bonchev–Trinajstić information content (AvgIpc) is 2.69. The Kier molecular flexibility index (Phi) is 2.18. The molecule has 5 heteroatoms. The fourth-order valence-corrected chi connectivity index (χ4v) is 0.908. The lowest BCUT2D eigenvalue weighted by molar-refractivity contribution is 0.296. The van der Waals surface area contributed by atoms with E-state index in [0.717, 1.165) is 5.75 Å². The number of nitrogens with one attached hydrogen (secondary N) is 1. The largest absolute Gasteiger partial charge is 0.486 e. The van der Waals surface area contributed by atoms with Crippen LogP contribution in [0.3, 0.4) is 0 Å². The maximum atomic E-state index is 5.38. The highest BCUT2D eigenvalue weighted by molar-refractivity contribution is 5.20. The van der Waals surface area contributed by atoms with Crippen molar-refractivity contribution in [2.45, 2.75) is 6.61 Å². The zero-order valence-corrected chi connectivity index (χ0v) is 6.84. The van der Waals surface area contributed by atoms with Crippen LogP contribution in [0.15, 0.2) is 30.3 Å². The van der Waals surface area contributed by atoms with Gasteiger partial charge in [0.05, 0.1) is 0 Å². The second-order valence-corrected chi connectivity index (χ2v) is 2.45. The molecule has 1 N–H and O–H groups in total. The highest BCUT2D eigenvalue weighted by Crippen LogP contribution is 2.09. The average molecular weight is 176 g/mol. The Morgan fingerprint density at radius 1 is 1.23 bits per heavy atom. The molecule has 2 rings (SSSR count). The van der Waals surface area contributed by atoms with E-state index in [4.69, 9.17) is 4.74 Å². The number of para-hydroxylation sites is 1. The summed E-state index contributed by atoms with van der Waals surface area (Å²) in [7, 11) is 0. The predicted octanol–water partition coefficient (Wildman–Crippen LogP) is 0.779. The molecule has 0 fully saturated rings. The molecule has 1 heterocycles. The van der Waals surface area contributed by atoms with E-state index in [-0.39, 0.29) is 0 Å². The van der Waals surface area contributed by atoms with Crippen LogP contribution in [0.1, 0.15) is 5.82 Å². The maximum Gasteiger partial charge on any atom is 0.186 e. The van der Waals surface area contributed by atoms with Crippen LogP contribution >= 0.6 is 0 Å². The Labute approximate surface area is 74.7 Å². The van der Waals surface area contributed by atoms with Crippen LogP contribution in [0.25, 0.3) is 0 Å². The minimum Gasteiger partial charge on any atom is -0.486 e. The Bertz CT molecular complexity index is 346. The Balaban J connectivity index is 1.94. The first-order valence-electron chi connectivity index (χ1n) is 3.85. The molecule has 0 aliphatic carbocycles. The summed E-state index contributed by atoms with van der Waals surface area (Å²) in [5.41, 5.74) is 0. The van der Waals surface area contributed by atoms with Crippen molar-refractivity contribution in [2.75, 3.05) is 0 Å². The molecule has 66 valence electrons. The molecule has 0 bridgehead atoms. The molecule has 2 aromatic rings. The first-order chi connectivity index (χ1) is 6.45. The first-order valence-corrected chi connectivity index (χ1v) is 3.85. The third-order valence-corrected chi connectivity index (χ3v) is 1.51. The van der Waals surface area contributed by atoms with Crippen molar-refractivity contribution in [3.05, 3.63) is 36.2 Å². The lowest BCUT2D eigenvalue weighted by atomic mass is 10.3. The van der Waals surface area contributed by atoms with Crippen molar-refractivity contribution in [2.24, 2.45) is 0 Å². The number of nitrogens with zero attached hydrogens (tertiary/aromatic N) is 3. The van der Waals surface area contributed by atoms with Gasteiger partial charge in [-0.25, -0.2) is 5.10 Å². The number of benzene rings is 1. The van der Waals surface area contributed by atoms with Crippen LogP contribution in [-0.4, -0.2) is 20.6 Å². The summed E-state index contributed by atoms with van der Waals surface area (Å²) < 4.78 is 5.38. The van der Waals surface area contributed by atoms with Crippen molar-refractivity contribution in [1.29, 1.82) is 0 Å². The lowest BCUT2D eigenvalue weighted by Crippen LogP contribution is -1.97. The first kappa shape index (κ1) is 7.72. The van der Waals surface area contributed by atoms with Crippen molar-refractivity contribution < 1.29 is 4.74 Å². The van der Waals surface area contributed by atoms with Crippen LogP contribution in [0.5, 0.6) is 5.75 Å². The molecule has 0 radical (unpaired) electrons. The third kappa shape index (κ3) is 2.02. The van der Waals surface area contributed by atoms with Crippen molar-refractivity contribution in [1.82, 2.24) is 20.6 Å². The normalized spacial score (nSPS) is 9.85. The van der Waals surface area contributed by atoms with Crippen molar-refractivity contribution in [3.63, 3.8) is 0 Å². The number of hydrogen-bond acceptors (Lipinski definition) is 4. The SMILES string of the molecule is c1ccc(OCc2nnn[nH]2)cc1. The summed E-state index contributed by atoms with van der Waals surface area (Å²) in [6, 6.07) is 9.51. The highest BCUT2D eigenvalue weighted by atomic mass is 16.5. The number of rotatable bonds is 3. The summed E-state index contributed by atoms with van der Waals surface area (Å²) in [5.74, 6) is 1.42. The maximum absolute atomic E-state index is 5.38. The molecule has 0 unspecified atom stereocenters.